The molecule has 31 unspecified atom stereocenters. The van der Waals surface area contributed by atoms with Crippen LogP contribution in [0, 0.1) is 132 Å². The van der Waals surface area contributed by atoms with Crippen molar-refractivity contribution in [3.8, 4) is 0 Å². The fourth-order valence-electron chi connectivity index (χ4n) is 33.7. The lowest BCUT2D eigenvalue weighted by Crippen LogP contribution is -2.45. The van der Waals surface area contributed by atoms with Gasteiger partial charge in [0, 0.05) is 46.3 Å². The summed E-state index contributed by atoms with van der Waals surface area (Å²) in [5.74, 6) is 11.2. The Kier molecular flexibility index (Phi) is 36.9. The third-order valence-corrected chi connectivity index (χ3v) is 41.0. The van der Waals surface area contributed by atoms with Crippen LogP contribution < -0.4 is 0 Å². The summed E-state index contributed by atoms with van der Waals surface area (Å²) in [4.78, 5) is 105. The van der Waals surface area contributed by atoms with Crippen molar-refractivity contribution in [3.63, 3.8) is 0 Å². The molecule has 0 aromatic heterocycles. The Bertz CT molecular complexity index is 3950. The molecule has 9 spiro atoms. The first-order valence-electron chi connectivity index (χ1n) is 57.1. The minimum absolute atomic E-state index is 0.00646. The predicted molar refractivity (Wildman–Crippen MR) is 537 cm³/mol. The molecule has 13 aliphatic heterocycles. The molecule has 20 fully saturated rings. The average Bonchev–Trinajstić information content (AvgIpc) is 1.58. The molecule has 22 nitrogen and oxygen atoms in total. The first-order chi connectivity index (χ1) is 65.8. The van der Waals surface area contributed by atoms with Crippen LogP contribution in [0.15, 0.2) is 0 Å². The number of esters is 9. The Morgan fingerprint density at radius 2 is 0.655 bits per heavy atom. The maximum atomic E-state index is 12.2. The minimum Gasteiger partial charge on any atom is -0.465 e. The molecular formula is C117H194O22. The average molecular weight is 1950 g/mol. The van der Waals surface area contributed by atoms with Crippen LogP contribution >= 0.6 is 0 Å². The van der Waals surface area contributed by atoms with E-state index in [1.54, 1.807) is 0 Å². The van der Waals surface area contributed by atoms with Crippen molar-refractivity contribution in [1.29, 1.82) is 0 Å². The van der Waals surface area contributed by atoms with E-state index in [4.69, 9.17) is 61.6 Å². The zero-order valence-corrected chi connectivity index (χ0v) is 91.9. The Hall–Kier alpha value is -4.93. The van der Waals surface area contributed by atoms with Gasteiger partial charge in [-0.3, -0.25) is 43.2 Å². The lowest BCUT2D eigenvalue weighted by molar-refractivity contribution is -0.155. The molecule has 0 amide bonds. The van der Waals surface area contributed by atoms with E-state index in [1.807, 2.05) is 41.5 Å². The molecule has 7 aliphatic carbocycles. The van der Waals surface area contributed by atoms with Gasteiger partial charge >= 0.3 is 53.7 Å². The minimum atomic E-state index is -0.380. The maximum absolute atomic E-state index is 12.2. The molecule has 0 N–H and O–H groups in total. The molecule has 13 heterocycles. The molecule has 22 heteroatoms. The van der Waals surface area contributed by atoms with Crippen molar-refractivity contribution in [1.82, 2.24) is 0 Å². The standard InChI is InChI=1S/C17H26O2.2C14H24O2.2C13H22O3.2C12H20O2.2C11H18O3/c1-3-10-5-11(4-2)16-13-6-12(15(10)16)7-17(13)8-14(18)19-9-17;1-5-10-7-11(6-2)14(8-10)9-13(3,4)16-12(14)15;1-5-10-7-11(6-2)14(8-10)9-12(15)16-13(14,3)4;1-5-9-7-13(10(6-2)15-9)8-12(3,4)16-11(13)14;1-5-9-7-13(10(6-2)15-9)8-11(14)16-12(13,3)4;1-3-9-5-10(4-2)12(6-9)7-11(13)14-8-12;1-3-9-7-10(4-2)12(8-9)5-6-14-11(12)13;1-3-8-5-11(9(4-2)14-8)6-10(12)13-7-11;1-3-8-7-11(9(4-2)14-8)5-6-13-10(11)12/h10-13,15-16H,3-9H2,1-2H3;2*10-11H,5-9H2,1-4H3;2*9-10H,5-8H2,1-4H3;2*9-10H,3-8H2,1-2H3;2*8-9H,3-7H2,1-2H3. The number of cyclic esters (lactones) is 9. The van der Waals surface area contributed by atoms with Crippen molar-refractivity contribution in [3.05, 3.63) is 0 Å². The molecule has 13 saturated heterocycles. The number of fused-ring (bicyclic) bond motifs is 6. The van der Waals surface area contributed by atoms with Crippen LogP contribution in [0.25, 0.3) is 0 Å². The number of carbonyl (C=O) groups excluding carboxylic acids is 9. The van der Waals surface area contributed by atoms with E-state index in [2.05, 4.69) is 138 Å². The smallest absolute Gasteiger partial charge is 0.315 e. The summed E-state index contributed by atoms with van der Waals surface area (Å²) >= 11 is 0. The summed E-state index contributed by atoms with van der Waals surface area (Å²) in [6, 6.07) is 0. The van der Waals surface area contributed by atoms with E-state index < -0.39 is 0 Å². The highest BCUT2D eigenvalue weighted by Crippen LogP contribution is 2.72. The lowest BCUT2D eigenvalue weighted by Gasteiger charge is -2.41. The highest BCUT2D eigenvalue weighted by molar-refractivity contribution is 5.83. The second kappa shape index (κ2) is 45.4. The molecule has 31 atom stereocenters. The summed E-state index contributed by atoms with van der Waals surface area (Å²) in [5, 5.41) is 0. The second-order valence-corrected chi connectivity index (χ2v) is 50.2. The van der Waals surface area contributed by atoms with Gasteiger partial charge in [0.25, 0.3) is 0 Å². The topological polar surface area (TPSA) is 274 Å². The molecule has 794 valence electrons. The van der Waals surface area contributed by atoms with Crippen molar-refractivity contribution in [2.75, 3.05) is 33.0 Å². The summed E-state index contributed by atoms with van der Waals surface area (Å²) < 4.78 is 71.8. The SMILES string of the molecule is CCC1CC(CC)C2(C1)CC(C)(C)OC2=O.CCC1CC(CC)C2(CC(=O)OC2(C)C)C1.CCC1CC(CC)C2(CCOC2=O)C1.CCC1CC(CC)C2(COC(=O)C2)C1.CCC1CC(CC)C2C1C1CC2C2(COC(=O)C2)C1.CCC1CC2(CC(=O)OC2(C)C)C(CC)O1.CCC1CC2(CC(C)(C)OC2=O)C(CC)O1.CCC1CC2(CCOC2=O)C(CC)O1.CCC1CC2(COC(=O)C2)C(CC)O1. The van der Waals surface area contributed by atoms with E-state index in [0.717, 1.165) is 207 Å². The zero-order chi connectivity index (χ0) is 102. The fourth-order valence-corrected chi connectivity index (χ4v) is 33.7. The van der Waals surface area contributed by atoms with Crippen LogP contribution in [0.3, 0.4) is 0 Å². The van der Waals surface area contributed by atoms with Gasteiger partial charge in [0.2, 0.25) is 0 Å². The molecule has 20 aliphatic rings. The molecule has 0 aromatic rings. The van der Waals surface area contributed by atoms with Crippen LogP contribution in [0.4, 0.5) is 0 Å². The number of hydrogen-bond donors (Lipinski definition) is 0. The third-order valence-electron chi connectivity index (χ3n) is 41.0. The summed E-state index contributed by atoms with van der Waals surface area (Å²) in [6.07, 6.45) is 45.7. The Morgan fingerprint density at radius 1 is 0.266 bits per heavy atom. The van der Waals surface area contributed by atoms with E-state index >= 15 is 0 Å². The molecule has 20 rings (SSSR count). The highest BCUT2D eigenvalue weighted by Gasteiger charge is 2.70. The lowest BCUT2D eigenvalue weighted by atomic mass is 9.62. The summed E-state index contributed by atoms with van der Waals surface area (Å²) in [7, 11) is 0. The third kappa shape index (κ3) is 22.2. The van der Waals surface area contributed by atoms with Crippen molar-refractivity contribution in [2.24, 2.45) is 132 Å². The van der Waals surface area contributed by atoms with E-state index in [9.17, 15) is 43.2 Å². The van der Waals surface area contributed by atoms with Gasteiger partial charge in [-0.1, -0.05) is 189 Å². The van der Waals surface area contributed by atoms with Crippen LogP contribution in [0.5, 0.6) is 0 Å². The Morgan fingerprint density at radius 3 is 1.08 bits per heavy atom. The Labute approximate surface area is 839 Å². The quantitative estimate of drug-likeness (QED) is 0.0911. The number of ether oxygens (including phenoxy) is 13. The van der Waals surface area contributed by atoms with Crippen molar-refractivity contribution < 1.29 is 105 Å². The van der Waals surface area contributed by atoms with Gasteiger partial charge in [0.15, 0.2) is 0 Å². The summed E-state index contributed by atoms with van der Waals surface area (Å²) in [5.41, 5.74) is -1.55. The van der Waals surface area contributed by atoms with E-state index in [0.29, 0.717) is 82.1 Å². The first-order valence-corrected chi connectivity index (χ1v) is 57.1. The van der Waals surface area contributed by atoms with Gasteiger partial charge in [-0.15, -0.1) is 0 Å². The zero-order valence-electron chi connectivity index (χ0n) is 91.9. The van der Waals surface area contributed by atoms with Gasteiger partial charge in [-0.05, 0) is 292 Å². The predicted octanol–water partition coefficient (Wildman–Crippen LogP) is 25.4. The van der Waals surface area contributed by atoms with Gasteiger partial charge in [0.1, 0.15) is 34.4 Å². The molecule has 2 bridgehead atoms. The normalized spacial score (nSPS) is 43.6. The number of carbonyl (C=O) groups is 9. The second-order valence-electron chi connectivity index (χ2n) is 50.2. The van der Waals surface area contributed by atoms with E-state index in [1.165, 1.54) is 109 Å². The number of hydrogen-bond acceptors (Lipinski definition) is 22. The summed E-state index contributed by atoms with van der Waals surface area (Å²) in [6.45, 7) is 59.2. The molecule has 139 heavy (non-hydrogen) atoms. The molecule has 7 saturated carbocycles. The van der Waals surface area contributed by atoms with E-state index in [-0.39, 0.29) is 161 Å². The molecular weight excluding hydrogens is 1760 g/mol. The van der Waals surface area contributed by atoms with Gasteiger partial charge in [-0.25, -0.2) is 0 Å². The van der Waals surface area contributed by atoms with Crippen molar-refractivity contribution >= 4 is 53.7 Å². The van der Waals surface area contributed by atoms with Crippen LogP contribution in [0.1, 0.15) is 450 Å². The molecule has 0 radical (unpaired) electrons. The highest BCUT2D eigenvalue weighted by atomic mass is 16.6. The fraction of sp³-hybridized carbons (Fsp3) is 0.923. The Balaban J connectivity index is 0.000000140. The van der Waals surface area contributed by atoms with Crippen LogP contribution in [-0.2, 0) is 105 Å². The van der Waals surface area contributed by atoms with Crippen LogP contribution in [-0.4, -0.2) is 158 Å². The van der Waals surface area contributed by atoms with Crippen LogP contribution in [0.2, 0.25) is 0 Å². The van der Waals surface area contributed by atoms with Gasteiger partial charge < -0.3 is 61.6 Å². The number of rotatable bonds is 18. The monoisotopic (exact) mass is 1950 g/mol. The molecule has 0 aromatic carbocycles. The van der Waals surface area contributed by atoms with Gasteiger partial charge in [-0.2, -0.15) is 0 Å². The largest absolute Gasteiger partial charge is 0.465 e. The first kappa shape index (κ1) is 113. The van der Waals surface area contributed by atoms with Crippen molar-refractivity contribution in [2.45, 2.75) is 521 Å². The van der Waals surface area contributed by atoms with Gasteiger partial charge in [0.05, 0.1) is 124 Å². The maximum Gasteiger partial charge on any atom is 0.315 e.